The maximum atomic E-state index is 11.1. The molecule has 0 radical (unpaired) electrons. The fourth-order valence-electron chi connectivity index (χ4n) is 2.78. The third-order valence-electron chi connectivity index (χ3n) is 3.57. The highest BCUT2D eigenvalue weighted by atomic mass is 32.2. The van der Waals surface area contributed by atoms with Crippen LogP contribution in [0.3, 0.4) is 0 Å². The van der Waals surface area contributed by atoms with Gasteiger partial charge in [-0.2, -0.15) is 0 Å². The second-order valence-corrected chi connectivity index (χ2v) is 7.99. The summed E-state index contributed by atoms with van der Waals surface area (Å²) in [5.41, 5.74) is 0.885. The Bertz CT molecular complexity index is 417. The smallest absolute Gasteiger partial charge is 0.217 e. The molecule has 1 N–H and O–H groups in total. The van der Waals surface area contributed by atoms with E-state index >= 15 is 0 Å². The van der Waals surface area contributed by atoms with Gasteiger partial charge in [-0.25, -0.2) is 0 Å². The fourth-order valence-corrected chi connectivity index (χ4v) is 6.46. The summed E-state index contributed by atoms with van der Waals surface area (Å²) in [4.78, 5) is 0. The molecule has 98 valence electrons. The first kappa shape index (κ1) is 12.9. The lowest BCUT2D eigenvalue weighted by Crippen LogP contribution is -2.45. The first-order valence-corrected chi connectivity index (χ1v) is 8.37. The van der Waals surface area contributed by atoms with E-state index < -0.39 is 5.79 Å². The first-order chi connectivity index (χ1) is 8.66. The van der Waals surface area contributed by atoms with Crippen LogP contribution in [-0.4, -0.2) is 26.8 Å². The molecule has 4 heteroatoms. The lowest BCUT2D eigenvalue weighted by Gasteiger charge is -2.42. The van der Waals surface area contributed by atoms with Gasteiger partial charge in [0, 0.05) is 12.0 Å². The number of ether oxygens (including phenoxy) is 1. The molecule has 2 aliphatic heterocycles. The third kappa shape index (κ3) is 1.90. The Labute approximate surface area is 116 Å². The zero-order valence-corrected chi connectivity index (χ0v) is 12.1. The quantitative estimate of drug-likeness (QED) is 0.856. The van der Waals surface area contributed by atoms with Crippen molar-refractivity contribution in [2.45, 2.75) is 35.7 Å². The van der Waals surface area contributed by atoms with Gasteiger partial charge in [-0.3, -0.25) is 0 Å². The second-order valence-electron chi connectivity index (χ2n) is 4.95. The van der Waals surface area contributed by atoms with E-state index in [1.165, 1.54) is 6.42 Å². The highest BCUT2D eigenvalue weighted by molar-refractivity contribution is 8.18. The second kappa shape index (κ2) is 4.75. The van der Waals surface area contributed by atoms with Crippen LogP contribution in [-0.2, 0) is 10.5 Å². The lowest BCUT2D eigenvalue weighted by molar-refractivity contribution is -0.198. The fraction of sp³-hybridized carbons (Fsp3) is 0.571. The van der Waals surface area contributed by atoms with E-state index in [-0.39, 0.29) is 10.2 Å². The van der Waals surface area contributed by atoms with Crippen molar-refractivity contribution >= 4 is 23.5 Å². The molecule has 0 amide bonds. The van der Waals surface area contributed by atoms with E-state index in [4.69, 9.17) is 4.74 Å². The summed E-state index contributed by atoms with van der Waals surface area (Å²) >= 11 is 3.73. The molecular weight excluding hydrogens is 264 g/mol. The van der Waals surface area contributed by atoms with Crippen LogP contribution in [0.15, 0.2) is 30.3 Å². The zero-order valence-electron chi connectivity index (χ0n) is 10.5. The van der Waals surface area contributed by atoms with Crippen LogP contribution in [0.5, 0.6) is 0 Å². The Morgan fingerprint density at radius 1 is 1.22 bits per heavy atom. The van der Waals surface area contributed by atoms with Gasteiger partial charge in [0.15, 0.2) is 0 Å². The summed E-state index contributed by atoms with van der Waals surface area (Å²) in [5, 5.41) is 11.1. The van der Waals surface area contributed by atoms with Crippen molar-refractivity contribution < 1.29 is 9.84 Å². The number of thioether (sulfide) groups is 2. The van der Waals surface area contributed by atoms with Crippen LogP contribution >= 0.6 is 23.5 Å². The normalized spacial score (nSPS) is 34.9. The SMILES string of the molecule is C[C@H]1CC2(SCCCS2)C(O)(c2ccccc2)O1. The van der Waals surface area contributed by atoms with Crippen LogP contribution in [0.1, 0.15) is 25.3 Å². The van der Waals surface area contributed by atoms with Gasteiger partial charge in [0.2, 0.25) is 5.79 Å². The molecule has 2 fully saturated rings. The molecule has 0 aromatic heterocycles. The Balaban J connectivity index is 2.02. The van der Waals surface area contributed by atoms with E-state index in [9.17, 15) is 5.11 Å². The molecule has 2 aliphatic rings. The Morgan fingerprint density at radius 3 is 2.56 bits per heavy atom. The molecule has 0 bridgehead atoms. The summed E-state index contributed by atoms with van der Waals surface area (Å²) in [7, 11) is 0. The van der Waals surface area contributed by atoms with Crippen molar-refractivity contribution in [2.75, 3.05) is 11.5 Å². The number of hydrogen-bond donors (Lipinski definition) is 1. The molecule has 2 saturated heterocycles. The van der Waals surface area contributed by atoms with E-state index in [2.05, 4.69) is 6.92 Å². The van der Waals surface area contributed by atoms with Crippen molar-refractivity contribution in [1.82, 2.24) is 0 Å². The maximum absolute atomic E-state index is 11.1. The van der Waals surface area contributed by atoms with Gasteiger partial charge in [-0.1, -0.05) is 30.3 Å². The van der Waals surface area contributed by atoms with Crippen molar-refractivity contribution in [1.29, 1.82) is 0 Å². The van der Waals surface area contributed by atoms with Gasteiger partial charge in [-0.15, -0.1) is 23.5 Å². The van der Waals surface area contributed by atoms with E-state index in [1.807, 2.05) is 53.9 Å². The minimum Gasteiger partial charge on any atom is -0.360 e. The highest BCUT2D eigenvalue weighted by Gasteiger charge is 2.60. The minimum atomic E-state index is -1.15. The molecule has 1 spiro atoms. The highest BCUT2D eigenvalue weighted by Crippen LogP contribution is 2.60. The van der Waals surface area contributed by atoms with Crippen molar-refractivity contribution in [2.24, 2.45) is 0 Å². The lowest BCUT2D eigenvalue weighted by atomic mass is 10.0. The van der Waals surface area contributed by atoms with Crippen LogP contribution in [0.4, 0.5) is 0 Å². The van der Waals surface area contributed by atoms with Gasteiger partial charge in [-0.05, 0) is 24.9 Å². The molecule has 2 atom stereocenters. The van der Waals surface area contributed by atoms with E-state index in [0.29, 0.717) is 0 Å². The zero-order chi connectivity index (χ0) is 12.6. The van der Waals surface area contributed by atoms with E-state index in [0.717, 1.165) is 23.5 Å². The molecule has 0 aliphatic carbocycles. The molecule has 1 aromatic rings. The monoisotopic (exact) mass is 282 g/mol. The van der Waals surface area contributed by atoms with Crippen LogP contribution in [0.2, 0.25) is 0 Å². The largest absolute Gasteiger partial charge is 0.360 e. The Hall–Kier alpha value is -0.160. The summed E-state index contributed by atoms with van der Waals surface area (Å²) in [6, 6.07) is 9.83. The summed E-state index contributed by atoms with van der Waals surface area (Å²) < 4.78 is 5.71. The summed E-state index contributed by atoms with van der Waals surface area (Å²) in [5.74, 6) is 1.07. The molecule has 18 heavy (non-hydrogen) atoms. The van der Waals surface area contributed by atoms with Gasteiger partial charge >= 0.3 is 0 Å². The van der Waals surface area contributed by atoms with Crippen molar-refractivity contribution in [3.05, 3.63) is 35.9 Å². The number of rotatable bonds is 1. The van der Waals surface area contributed by atoms with Crippen LogP contribution in [0.25, 0.3) is 0 Å². The molecular formula is C14H18O2S2. The molecule has 1 aromatic carbocycles. The predicted octanol–water partition coefficient (Wildman–Crippen LogP) is 3.21. The van der Waals surface area contributed by atoms with Crippen molar-refractivity contribution in [3.8, 4) is 0 Å². The molecule has 0 saturated carbocycles. The summed E-state index contributed by atoms with van der Waals surface area (Å²) in [6.45, 7) is 2.05. The van der Waals surface area contributed by atoms with Gasteiger partial charge in [0.25, 0.3) is 0 Å². The molecule has 2 heterocycles. The number of aliphatic hydroxyl groups is 1. The standard InChI is InChI=1S/C14H18O2S2/c1-11-10-13(17-8-5-9-18-13)14(15,16-11)12-6-3-2-4-7-12/h2-4,6-7,11,15H,5,8-10H2,1H3/t11-,14?/m0/s1. The predicted molar refractivity (Wildman–Crippen MR) is 77.8 cm³/mol. The molecule has 3 rings (SSSR count). The van der Waals surface area contributed by atoms with Crippen molar-refractivity contribution in [3.63, 3.8) is 0 Å². The van der Waals surface area contributed by atoms with Crippen LogP contribution in [0, 0.1) is 0 Å². The Morgan fingerprint density at radius 2 is 1.89 bits per heavy atom. The van der Waals surface area contributed by atoms with E-state index in [1.54, 1.807) is 0 Å². The van der Waals surface area contributed by atoms with Crippen LogP contribution < -0.4 is 0 Å². The van der Waals surface area contributed by atoms with Gasteiger partial charge < -0.3 is 9.84 Å². The number of hydrogen-bond acceptors (Lipinski definition) is 4. The minimum absolute atomic E-state index is 0.105. The number of benzene rings is 1. The van der Waals surface area contributed by atoms with Gasteiger partial charge in [0.1, 0.15) is 4.08 Å². The Kier molecular flexibility index (Phi) is 3.39. The summed E-state index contributed by atoms with van der Waals surface area (Å²) in [6.07, 6.45) is 2.23. The topological polar surface area (TPSA) is 29.5 Å². The third-order valence-corrected chi connectivity index (χ3v) is 7.08. The average molecular weight is 282 g/mol. The maximum Gasteiger partial charge on any atom is 0.217 e. The first-order valence-electron chi connectivity index (χ1n) is 6.40. The van der Waals surface area contributed by atoms with Gasteiger partial charge in [0.05, 0.1) is 6.10 Å². The molecule has 2 nitrogen and oxygen atoms in total. The average Bonchev–Trinajstić information content (AvgIpc) is 2.63. The molecule has 1 unspecified atom stereocenters.